The maximum Gasteiger partial charge on any atom is 0.394 e. The van der Waals surface area contributed by atoms with E-state index in [9.17, 15) is 20.1 Å². The molecule has 0 aliphatic carbocycles. The van der Waals surface area contributed by atoms with Gasteiger partial charge in [0, 0.05) is 43.3 Å². The third kappa shape index (κ3) is 11.9. The van der Waals surface area contributed by atoms with Crippen molar-refractivity contribution in [1.29, 1.82) is 0 Å². The van der Waals surface area contributed by atoms with Gasteiger partial charge in [0.15, 0.2) is 0 Å². The fraction of sp³-hybridized carbons (Fsp3) is 0.606. The first kappa shape index (κ1) is 39.6. The van der Waals surface area contributed by atoms with Crippen molar-refractivity contribution in [3.05, 3.63) is 65.2 Å². The number of aliphatic hydroxyl groups excluding tert-OH is 3. The maximum atomic E-state index is 12.6. The number of piperidine rings is 1. The third-order valence-electron chi connectivity index (χ3n) is 9.03. The molecule has 0 amide bonds. The van der Waals surface area contributed by atoms with Crippen LogP contribution in [-0.4, -0.2) is 98.4 Å². The minimum Gasteiger partial charge on any atom is -0.508 e. The van der Waals surface area contributed by atoms with E-state index in [0.717, 1.165) is 22.9 Å². The first-order valence-electron chi connectivity index (χ1n) is 15.6. The highest BCUT2D eigenvalue weighted by Crippen LogP contribution is 2.44. The van der Waals surface area contributed by atoms with Gasteiger partial charge in [-0.25, -0.2) is 0 Å². The topological polar surface area (TPSA) is 194 Å². The van der Waals surface area contributed by atoms with Crippen molar-refractivity contribution in [2.24, 2.45) is 0 Å². The number of nitrogens with one attached hydrogen (secondary N) is 1. The molecule has 2 heterocycles. The van der Waals surface area contributed by atoms with Gasteiger partial charge in [0.2, 0.25) is 0 Å². The summed E-state index contributed by atoms with van der Waals surface area (Å²) in [6, 6.07) is 16.0. The van der Waals surface area contributed by atoms with E-state index < -0.39 is 22.4 Å². The number of carbonyl (C=O) groups excluding carboxylic acids is 1. The van der Waals surface area contributed by atoms with E-state index >= 15 is 0 Å². The van der Waals surface area contributed by atoms with Gasteiger partial charge in [-0.15, -0.1) is 0 Å². The summed E-state index contributed by atoms with van der Waals surface area (Å²) in [4.78, 5) is 12.6. The predicted molar refractivity (Wildman–Crippen MR) is 174 cm³/mol. The zero-order valence-corrected chi connectivity index (χ0v) is 28.5. The molecule has 2 saturated heterocycles. The lowest BCUT2D eigenvalue weighted by Gasteiger charge is -2.49. The highest BCUT2D eigenvalue weighted by atomic mass is 32.3. The number of nitrogens with zero attached hydrogens (tertiary/aromatic N) is 1. The van der Waals surface area contributed by atoms with Gasteiger partial charge >= 0.3 is 16.4 Å². The Balaban J connectivity index is 0.000000292. The molecule has 4 atom stereocenters. The minimum atomic E-state index is -4.67. The molecular weight excluding hydrogens is 616 g/mol. The van der Waals surface area contributed by atoms with Crippen LogP contribution in [0.15, 0.2) is 48.5 Å². The van der Waals surface area contributed by atoms with Gasteiger partial charge in [-0.3, -0.25) is 13.9 Å². The molecule has 2 aliphatic heterocycles. The number of aromatic hydroxyl groups is 1. The van der Waals surface area contributed by atoms with E-state index in [0.29, 0.717) is 35.8 Å². The van der Waals surface area contributed by atoms with Gasteiger partial charge in [0.05, 0.1) is 44.5 Å². The summed E-state index contributed by atoms with van der Waals surface area (Å²) in [6.07, 6.45) is 3.71. The summed E-state index contributed by atoms with van der Waals surface area (Å²) in [6.45, 7) is 10.7. The number of esters is 1. The standard InChI is InChI=1S/C20H30NO3.C13H21NO3.H2O4S/c1-14(2)21(3)16-9-10-17(21)12-18(11-16)24-20(23)19(13-22)15-7-5-4-6-8-15;1-13(2,3)14-7-12(17)9-4-5-11(16)10(6-9)8-15;1-5(2,3)4/h4-8,14,16-19,22H,9-13H2,1-3H3;4-6,12,14-17H,7-8H2,1-3H3;(H2,1,2,3,4)/q+1;;. The van der Waals surface area contributed by atoms with Gasteiger partial charge in [0.1, 0.15) is 17.8 Å². The second-order valence-electron chi connectivity index (χ2n) is 13.5. The molecule has 2 aromatic carbocycles. The number of rotatable bonds is 9. The zero-order chi connectivity index (χ0) is 34.9. The Hall–Kier alpha value is -2.62. The SMILES string of the molecule is CC(C)(C)NCC(O)c1ccc(O)c(CO)c1.CC(C)[N+]1(C)C2CCC1CC(OC(=O)C(CO)c1ccccc1)C2.O=S(=O)(O)O. The average Bonchev–Trinajstić information content (AvgIpc) is 3.12. The number of aliphatic hydroxyl groups is 3. The molecule has 4 unspecified atom stereocenters. The van der Waals surface area contributed by atoms with Crippen molar-refractivity contribution >= 4 is 16.4 Å². The van der Waals surface area contributed by atoms with E-state index in [1.807, 2.05) is 51.1 Å². The molecule has 2 bridgehead atoms. The van der Waals surface area contributed by atoms with Crippen LogP contribution >= 0.6 is 0 Å². The van der Waals surface area contributed by atoms with Gasteiger partial charge in [-0.2, -0.15) is 8.42 Å². The van der Waals surface area contributed by atoms with Crippen LogP contribution in [0.3, 0.4) is 0 Å². The summed E-state index contributed by atoms with van der Waals surface area (Å²) < 4.78 is 38.5. The molecule has 13 heteroatoms. The van der Waals surface area contributed by atoms with E-state index in [2.05, 4.69) is 26.2 Å². The fourth-order valence-electron chi connectivity index (χ4n) is 6.28. The number of hydrogen-bond donors (Lipinski definition) is 7. The zero-order valence-electron chi connectivity index (χ0n) is 27.7. The molecule has 0 saturated carbocycles. The number of hydrogen-bond acceptors (Lipinski definition) is 9. The second-order valence-corrected chi connectivity index (χ2v) is 14.4. The maximum absolute atomic E-state index is 12.6. The van der Waals surface area contributed by atoms with Crippen LogP contribution in [0.5, 0.6) is 5.75 Å². The molecule has 2 aromatic rings. The number of quaternary nitrogens is 1. The third-order valence-corrected chi connectivity index (χ3v) is 9.03. The van der Waals surface area contributed by atoms with Crippen LogP contribution in [0.4, 0.5) is 0 Å². The highest BCUT2D eigenvalue weighted by molar-refractivity contribution is 7.79. The van der Waals surface area contributed by atoms with Crippen molar-refractivity contribution in [2.45, 2.75) is 109 Å². The van der Waals surface area contributed by atoms with Crippen molar-refractivity contribution in [3.8, 4) is 5.75 Å². The van der Waals surface area contributed by atoms with Gasteiger partial charge in [-0.1, -0.05) is 36.4 Å². The van der Waals surface area contributed by atoms with Crippen LogP contribution < -0.4 is 5.32 Å². The van der Waals surface area contributed by atoms with Crippen LogP contribution in [0.2, 0.25) is 0 Å². The molecule has 2 fully saturated rings. The first-order chi connectivity index (χ1) is 21.3. The number of ether oxygens (including phenoxy) is 1. The smallest absolute Gasteiger partial charge is 0.394 e. The molecule has 7 N–H and O–H groups in total. The Morgan fingerprint density at radius 3 is 2.00 bits per heavy atom. The predicted octanol–water partition coefficient (Wildman–Crippen LogP) is 3.51. The summed E-state index contributed by atoms with van der Waals surface area (Å²) in [5.41, 5.74) is 1.88. The van der Waals surface area contributed by atoms with Crippen LogP contribution in [0.25, 0.3) is 0 Å². The Kier molecular flexibility index (Phi) is 14.6. The van der Waals surface area contributed by atoms with Crippen LogP contribution in [0.1, 0.15) is 89.0 Å². The number of fused-ring (bicyclic) bond motifs is 2. The normalized spacial score (nSPS) is 23.8. The van der Waals surface area contributed by atoms with E-state index in [1.165, 1.54) is 18.9 Å². The summed E-state index contributed by atoms with van der Waals surface area (Å²) >= 11 is 0. The lowest BCUT2D eigenvalue weighted by molar-refractivity contribution is -0.968. The molecule has 46 heavy (non-hydrogen) atoms. The van der Waals surface area contributed by atoms with E-state index in [4.69, 9.17) is 27.4 Å². The lowest BCUT2D eigenvalue weighted by atomic mass is 9.94. The molecule has 0 spiro atoms. The molecule has 2 aliphatic rings. The minimum absolute atomic E-state index is 0.00212. The molecule has 260 valence electrons. The number of carbonyl (C=O) groups is 1. The van der Waals surface area contributed by atoms with Crippen LogP contribution in [-0.2, 0) is 26.5 Å². The summed E-state index contributed by atoms with van der Waals surface area (Å²) in [5, 5.41) is 41.3. The molecular formula is C33H53N2O10S+. The second kappa shape index (κ2) is 17.0. The largest absolute Gasteiger partial charge is 0.508 e. The number of benzene rings is 2. The van der Waals surface area contributed by atoms with Crippen LogP contribution in [0, 0.1) is 0 Å². The van der Waals surface area contributed by atoms with E-state index in [-0.39, 0.29) is 36.6 Å². The number of phenols is 1. The Morgan fingerprint density at radius 1 is 1.00 bits per heavy atom. The molecule has 4 rings (SSSR count). The quantitative estimate of drug-likeness (QED) is 0.117. The number of β-amino-alcohol motifs (C(OH)–C–C–N with tert-alkyl or cyclic N) is 1. The van der Waals surface area contributed by atoms with Gasteiger partial charge in [0.25, 0.3) is 0 Å². The summed E-state index contributed by atoms with van der Waals surface area (Å²) in [7, 11) is -2.30. The average molecular weight is 670 g/mol. The van der Waals surface area contributed by atoms with Gasteiger partial charge < -0.3 is 35.0 Å². The highest BCUT2D eigenvalue weighted by Gasteiger charge is 2.53. The monoisotopic (exact) mass is 669 g/mol. The Morgan fingerprint density at radius 2 is 1.54 bits per heavy atom. The molecule has 0 radical (unpaired) electrons. The Labute approximate surface area is 273 Å². The lowest BCUT2D eigenvalue weighted by Crippen LogP contribution is -2.62. The fourth-order valence-corrected chi connectivity index (χ4v) is 6.28. The van der Waals surface area contributed by atoms with E-state index in [1.54, 1.807) is 12.1 Å². The molecule has 12 nitrogen and oxygen atoms in total. The van der Waals surface area contributed by atoms with Crippen molar-refractivity contribution < 1.29 is 52.0 Å². The van der Waals surface area contributed by atoms with Crippen molar-refractivity contribution in [1.82, 2.24) is 5.32 Å². The Bertz CT molecular complexity index is 1330. The van der Waals surface area contributed by atoms with Crippen molar-refractivity contribution in [3.63, 3.8) is 0 Å². The van der Waals surface area contributed by atoms with Crippen molar-refractivity contribution in [2.75, 3.05) is 20.2 Å². The molecule has 0 aromatic heterocycles. The summed E-state index contributed by atoms with van der Waals surface area (Å²) in [5.74, 6) is -0.808. The first-order valence-corrected chi connectivity index (χ1v) is 17.0. The van der Waals surface area contributed by atoms with Gasteiger partial charge in [-0.05, 0) is 57.9 Å².